The topological polar surface area (TPSA) is 77.3 Å². The Bertz CT molecular complexity index is 530. The third-order valence-corrected chi connectivity index (χ3v) is 2.46. The molecule has 1 atom stereocenters. The van der Waals surface area contributed by atoms with Crippen LogP contribution in [0.3, 0.4) is 0 Å². The lowest BCUT2D eigenvalue weighted by molar-refractivity contribution is -0.142. The maximum atomic E-state index is 12.0. The molecule has 0 fully saturated rings. The summed E-state index contributed by atoms with van der Waals surface area (Å²) in [5.41, 5.74) is 0.587. The smallest absolute Gasteiger partial charge is 0.398 e. The van der Waals surface area contributed by atoms with Crippen LogP contribution >= 0.6 is 0 Å². The van der Waals surface area contributed by atoms with Gasteiger partial charge < -0.3 is 9.47 Å². The van der Waals surface area contributed by atoms with E-state index in [2.05, 4.69) is 21.5 Å². The Morgan fingerprint density at radius 1 is 1.52 bits per heavy atom. The van der Waals surface area contributed by atoms with Gasteiger partial charge in [0.05, 0.1) is 25.3 Å². The van der Waals surface area contributed by atoms with Crippen molar-refractivity contribution in [2.45, 2.75) is 19.4 Å². The predicted octanol–water partition coefficient (Wildman–Crippen LogP) is 1.79. The minimum atomic E-state index is -0.626. The number of hydrogen-bond acceptors (Lipinski definition) is 6. The summed E-state index contributed by atoms with van der Waals surface area (Å²) in [6, 6.07) is 0. The molecule has 0 aliphatic heterocycles. The first-order valence-electron chi connectivity index (χ1n) is 6.31. The van der Waals surface area contributed by atoms with Crippen LogP contribution in [-0.4, -0.2) is 37.1 Å². The van der Waals surface area contributed by atoms with Gasteiger partial charge in [-0.3, -0.25) is 0 Å². The van der Waals surface area contributed by atoms with Gasteiger partial charge in [-0.25, -0.2) is 9.59 Å². The van der Waals surface area contributed by atoms with Gasteiger partial charge in [0.1, 0.15) is 12.3 Å². The normalized spacial score (nSPS) is 17.0. The summed E-state index contributed by atoms with van der Waals surface area (Å²) in [6.07, 6.45) is 9.46. The van der Waals surface area contributed by atoms with Gasteiger partial charge in [0.2, 0.25) is 5.71 Å². The molecule has 0 saturated carbocycles. The molecule has 1 aliphatic carbocycles. The monoisotopic (exact) mass is 289 g/mol. The van der Waals surface area contributed by atoms with E-state index in [0.29, 0.717) is 12.1 Å². The van der Waals surface area contributed by atoms with Crippen molar-refractivity contribution in [1.82, 2.24) is 0 Å². The number of methoxy groups -OCH3 is 1. The van der Waals surface area contributed by atoms with Crippen LogP contribution in [-0.2, 0) is 19.1 Å². The summed E-state index contributed by atoms with van der Waals surface area (Å²) in [6.45, 7) is 5.36. The van der Waals surface area contributed by atoms with E-state index in [9.17, 15) is 9.59 Å². The SMILES string of the molecule is C=CCC(C)OC(=O)C1=C[CH+]C=C/C1=N\N=C\C(=O)OC. The van der Waals surface area contributed by atoms with E-state index in [1.165, 1.54) is 7.11 Å². The number of nitrogens with zero attached hydrogens (tertiary/aromatic N) is 2. The highest BCUT2D eigenvalue weighted by atomic mass is 16.5. The number of allylic oxidation sites excluding steroid dienone is 3. The first kappa shape index (κ1) is 16.4. The Morgan fingerprint density at radius 3 is 2.95 bits per heavy atom. The van der Waals surface area contributed by atoms with Crippen molar-refractivity contribution in [3.8, 4) is 0 Å². The second-order valence-corrected chi connectivity index (χ2v) is 4.13. The highest BCUT2D eigenvalue weighted by Crippen LogP contribution is 2.13. The van der Waals surface area contributed by atoms with Gasteiger partial charge in [-0.15, -0.1) is 16.8 Å². The average Bonchev–Trinajstić information content (AvgIpc) is 2.47. The molecule has 0 aromatic heterocycles. The van der Waals surface area contributed by atoms with Crippen LogP contribution < -0.4 is 0 Å². The maximum absolute atomic E-state index is 12.0. The second-order valence-electron chi connectivity index (χ2n) is 4.13. The molecule has 6 heteroatoms. The maximum Gasteiger partial charge on any atom is 0.398 e. The largest absolute Gasteiger partial charge is 0.465 e. The molecular formula is C15H17N2O4+. The molecule has 1 unspecified atom stereocenters. The van der Waals surface area contributed by atoms with Crippen LogP contribution in [0.5, 0.6) is 0 Å². The molecule has 0 N–H and O–H groups in total. The summed E-state index contributed by atoms with van der Waals surface area (Å²) in [5, 5.41) is 7.39. The average molecular weight is 289 g/mol. The third-order valence-electron chi connectivity index (χ3n) is 2.46. The fourth-order valence-electron chi connectivity index (χ4n) is 1.45. The summed E-state index contributed by atoms with van der Waals surface area (Å²) in [5.74, 6) is -1.13. The van der Waals surface area contributed by atoms with Crippen molar-refractivity contribution in [2.24, 2.45) is 10.2 Å². The Kier molecular flexibility index (Phi) is 6.67. The van der Waals surface area contributed by atoms with Crippen molar-refractivity contribution in [3.63, 3.8) is 0 Å². The summed E-state index contributed by atoms with van der Waals surface area (Å²) < 4.78 is 9.65. The first-order chi connectivity index (χ1) is 10.1. The van der Waals surface area contributed by atoms with Gasteiger partial charge in [-0.2, -0.15) is 0 Å². The number of esters is 2. The summed E-state index contributed by atoms with van der Waals surface area (Å²) in [4.78, 5) is 22.9. The lowest BCUT2D eigenvalue weighted by atomic mass is 10.0. The molecule has 1 rings (SSSR count). The van der Waals surface area contributed by atoms with Crippen LogP contribution in [0.25, 0.3) is 0 Å². The van der Waals surface area contributed by atoms with E-state index in [1.54, 1.807) is 37.6 Å². The van der Waals surface area contributed by atoms with Crippen LogP contribution in [0.2, 0.25) is 0 Å². The molecular weight excluding hydrogens is 272 g/mol. The quantitative estimate of drug-likeness (QED) is 0.245. The van der Waals surface area contributed by atoms with Crippen LogP contribution in [0, 0.1) is 6.42 Å². The zero-order valence-electron chi connectivity index (χ0n) is 12.0. The lowest BCUT2D eigenvalue weighted by Gasteiger charge is -2.10. The highest BCUT2D eigenvalue weighted by Gasteiger charge is 2.27. The van der Waals surface area contributed by atoms with E-state index in [1.807, 2.05) is 0 Å². The molecule has 110 valence electrons. The molecule has 0 amide bonds. The van der Waals surface area contributed by atoms with Crippen molar-refractivity contribution in [1.29, 1.82) is 0 Å². The molecule has 1 aliphatic rings. The number of carbonyl (C=O) groups excluding carboxylic acids is 2. The number of hydrogen-bond donors (Lipinski definition) is 0. The Morgan fingerprint density at radius 2 is 2.29 bits per heavy atom. The van der Waals surface area contributed by atoms with E-state index >= 15 is 0 Å². The number of rotatable bonds is 6. The van der Waals surface area contributed by atoms with E-state index in [0.717, 1.165) is 6.21 Å². The van der Waals surface area contributed by atoms with Gasteiger partial charge in [-0.1, -0.05) is 6.08 Å². The second kappa shape index (κ2) is 8.52. The predicted molar refractivity (Wildman–Crippen MR) is 79.8 cm³/mol. The van der Waals surface area contributed by atoms with Gasteiger partial charge in [-0.05, 0) is 6.92 Å². The minimum absolute atomic E-state index is 0.274. The van der Waals surface area contributed by atoms with Crippen LogP contribution in [0.4, 0.5) is 0 Å². The Labute approximate surface area is 123 Å². The van der Waals surface area contributed by atoms with E-state index in [-0.39, 0.29) is 11.7 Å². The fourth-order valence-corrected chi connectivity index (χ4v) is 1.45. The van der Waals surface area contributed by atoms with Crippen molar-refractivity contribution >= 4 is 23.9 Å². The molecule has 0 spiro atoms. The zero-order chi connectivity index (χ0) is 15.7. The van der Waals surface area contributed by atoms with Gasteiger partial charge >= 0.3 is 11.9 Å². The van der Waals surface area contributed by atoms with Gasteiger partial charge in [0, 0.05) is 12.8 Å². The number of ether oxygens (including phenoxy) is 2. The Balaban J connectivity index is 2.79. The van der Waals surface area contributed by atoms with E-state index in [4.69, 9.17) is 4.74 Å². The molecule has 21 heavy (non-hydrogen) atoms. The third kappa shape index (κ3) is 5.48. The minimum Gasteiger partial charge on any atom is -0.465 e. The number of carbonyl (C=O) groups is 2. The fraction of sp³-hybridized carbons (Fsp3) is 0.267. The molecule has 0 bridgehead atoms. The standard InChI is InChI=1S/C15H17N2O4/c1-4-7-11(2)21-15(19)12-8-5-6-9-13(12)17-16-10-14(18)20-3/h4-6,8-11H,1,7H2,2-3H3/q+1/b16-10+,17-13+. The van der Waals surface area contributed by atoms with Gasteiger partial charge in [0.15, 0.2) is 5.57 Å². The first-order valence-corrected chi connectivity index (χ1v) is 6.31. The van der Waals surface area contributed by atoms with Gasteiger partial charge in [0.25, 0.3) is 0 Å². The van der Waals surface area contributed by atoms with E-state index < -0.39 is 11.9 Å². The molecule has 6 nitrogen and oxygen atoms in total. The molecule has 0 heterocycles. The molecule has 0 aromatic carbocycles. The van der Waals surface area contributed by atoms with Crippen molar-refractivity contribution in [3.05, 3.63) is 42.9 Å². The summed E-state index contributed by atoms with van der Waals surface area (Å²) >= 11 is 0. The van der Waals surface area contributed by atoms with Crippen LogP contribution in [0.1, 0.15) is 13.3 Å². The Hall–Kier alpha value is -2.63. The van der Waals surface area contributed by atoms with Crippen LogP contribution in [0.15, 0.2) is 46.7 Å². The molecule has 0 aromatic rings. The molecule has 0 radical (unpaired) electrons. The highest BCUT2D eigenvalue weighted by molar-refractivity contribution is 6.26. The zero-order valence-corrected chi connectivity index (χ0v) is 12.0. The lowest BCUT2D eigenvalue weighted by Crippen LogP contribution is -2.21. The van der Waals surface area contributed by atoms with Crippen molar-refractivity contribution in [2.75, 3.05) is 7.11 Å². The molecule has 0 saturated heterocycles. The van der Waals surface area contributed by atoms with Crippen molar-refractivity contribution < 1.29 is 19.1 Å². The summed E-state index contributed by atoms with van der Waals surface area (Å²) in [7, 11) is 1.24.